The van der Waals surface area contributed by atoms with E-state index in [1.54, 1.807) is 6.08 Å². The molecule has 0 unspecified atom stereocenters. The molecule has 4 N–H and O–H groups in total. The molecule has 0 aliphatic carbocycles. The van der Waals surface area contributed by atoms with Gasteiger partial charge < -0.3 is 30.7 Å². The summed E-state index contributed by atoms with van der Waals surface area (Å²) in [5.41, 5.74) is 8.73. The van der Waals surface area contributed by atoms with E-state index in [1.165, 1.54) is 0 Å². The van der Waals surface area contributed by atoms with Gasteiger partial charge in [-0.05, 0) is 37.6 Å². The number of aromatic nitrogens is 2. The molecule has 2 aliphatic heterocycles. The Morgan fingerprint density at radius 2 is 2.12 bits per heavy atom. The van der Waals surface area contributed by atoms with Crippen molar-refractivity contribution in [2.75, 3.05) is 50.0 Å². The fourth-order valence-corrected chi connectivity index (χ4v) is 4.46. The van der Waals surface area contributed by atoms with Crippen LogP contribution in [0.5, 0.6) is 0 Å². The number of fused-ring (bicyclic) bond motifs is 1. The Hall–Kier alpha value is -3.33. The number of pyridine rings is 1. The van der Waals surface area contributed by atoms with E-state index in [0.717, 1.165) is 43.9 Å². The number of likely N-dealkylation sites (N-methyl/N-ethyl adjacent to an activating group) is 1. The maximum Gasteiger partial charge on any atom is 0.268 e. The minimum Gasteiger partial charge on any atom is -0.369 e. The quantitative estimate of drug-likeness (QED) is 0.462. The molecule has 176 valence electrons. The number of piperazine rings is 1. The smallest absolute Gasteiger partial charge is 0.268 e. The molecule has 0 bridgehead atoms. The average molecular weight is 451 g/mol. The first-order valence-electron chi connectivity index (χ1n) is 11.5. The number of guanidine groups is 1. The van der Waals surface area contributed by atoms with Crippen LogP contribution in [-0.2, 0) is 0 Å². The number of hydrogen-bond acceptors (Lipinski definition) is 5. The Morgan fingerprint density at radius 3 is 2.76 bits per heavy atom. The number of anilines is 2. The number of carbonyl (C=O) groups excluding carboxylic acids is 1. The molecule has 1 saturated heterocycles. The van der Waals surface area contributed by atoms with Crippen LogP contribution in [0.4, 0.5) is 17.3 Å². The molecule has 1 amide bonds. The summed E-state index contributed by atoms with van der Waals surface area (Å²) in [5.74, 6) is 1.85. The van der Waals surface area contributed by atoms with Gasteiger partial charge in [-0.1, -0.05) is 26.5 Å². The topological polar surface area (TPSA) is 104 Å². The van der Waals surface area contributed by atoms with E-state index >= 15 is 0 Å². The van der Waals surface area contributed by atoms with Crippen molar-refractivity contribution in [3.8, 4) is 0 Å². The Balaban J connectivity index is 1.55. The highest BCUT2D eigenvalue weighted by molar-refractivity contribution is 5.97. The summed E-state index contributed by atoms with van der Waals surface area (Å²) in [6, 6.07) is 5.89. The van der Waals surface area contributed by atoms with Gasteiger partial charge in [0.15, 0.2) is 0 Å². The predicted octanol–water partition coefficient (Wildman–Crippen LogP) is 2.67. The van der Waals surface area contributed by atoms with Gasteiger partial charge >= 0.3 is 0 Å². The third-order valence-corrected chi connectivity index (χ3v) is 6.20. The van der Waals surface area contributed by atoms with E-state index < -0.39 is 0 Å². The van der Waals surface area contributed by atoms with E-state index in [1.807, 2.05) is 29.0 Å². The lowest BCUT2D eigenvalue weighted by Gasteiger charge is -2.33. The van der Waals surface area contributed by atoms with Crippen LogP contribution >= 0.6 is 0 Å². The minimum atomic E-state index is -0.104. The summed E-state index contributed by atoms with van der Waals surface area (Å²) < 4.78 is 1.99. The standard InChI is InChI=1S/C24H34N8O/c1-5-17-13-20-23(33)27-15-19(12-16(2)3)32(20)22(17)29-24(25)28-21-7-6-18(14-26-21)31-10-8-30(4)9-11-31/h5-7,13-14,16,19H,1,8-12,15H2,2-4H3,(H,27,33)(H3,25,26,28,29)/t19-/m0/s1. The highest BCUT2D eigenvalue weighted by Crippen LogP contribution is 2.34. The SMILES string of the molecule is C=Cc1cc2n(c1/N=C(\N)Nc1ccc(N3CCN(C)CC3)cn1)[C@@H](CC(C)C)CNC2=O. The Morgan fingerprint density at radius 1 is 1.36 bits per heavy atom. The van der Waals surface area contributed by atoms with Crippen molar-refractivity contribution in [1.82, 2.24) is 19.8 Å². The molecule has 9 nitrogen and oxygen atoms in total. The lowest BCUT2D eigenvalue weighted by molar-refractivity contribution is 0.0911. The van der Waals surface area contributed by atoms with Gasteiger partial charge in [0, 0.05) is 38.3 Å². The van der Waals surface area contributed by atoms with Gasteiger partial charge in [0.2, 0.25) is 5.96 Å². The van der Waals surface area contributed by atoms with Crippen molar-refractivity contribution < 1.29 is 4.79 Å². The lowest BCUT2D eigenvalue weighted by Crippen LogP contribution is -2.44. The number of hydrogen-bond donors (Lipinski definition) is 3. The van der Waals surface area contributed by atoms with Gasteiger partial charge in [-0.2, -0.15) is 4.99 Å². The molecule has 1 atom stereocenters. The van der Waals surface area contributed by atoms with Crippen molar-refractivity contribution in [3.05, 3.63) is 42.2 Å². The van der Waals surface area contributed by atoms with E-state index in [-0.39, 0.29) is 17.9 Å². The maximum atomic E-state index is 12.5. The third-order valence-electron chi connectivity index (χ3n) is 6.20. The number of carbonyl (C=O) groups is 1. The van der Waals surface area contributed by atoms with E-state index in [4.69, 9.17) is 5.73 Å². The molecular weight excluding hydrogens is 416 g/mol. The van der Waals surface area contributed by atoms with Gasteiger partial charge in [-0.25, -0.2) is 4.98 Å². The van der Waals surface area contributed by atoms with Crippen molar-refractivity contribution in [2.24, 2.45) is 16.6 Å². The van der Waals surface area contributed by atoms with Crippen LogP contribution in [-0.4, -0.2) is 66.1 Å². The van der Waals surface area contributed by atoms with Crippen LogP contribution < -0.4 is 21.3 Å². The number of nitrogens with two attached hydrogens (primary N) is 1. The summed E-state index contributed by atoms with van der Waals surface area (Å²) in [6.07, 6.45) is 4.49. The summed E-state index contributed by atoms with van der Waals surface area (Å²) in [4.78, 5) is 26.3. The highest BCUT2D eigenvalue weighted by atomic mass is 16.2. The molecule has 0 saturated carbocycles. The largest absolute Gasteiger partial charge is 0.369 e. The van der Waals surface area contributed by atoms with Gasteiger partial charge in [-0.15, -0.1) is 0 Å². The second-order valence-electron chi connectivity index (χ2n) is 9.19. The van der Waals surface area contributed by atoms with Crippen LogP contribution in [0.2, 0.25) is 0 Å². The molecule has 0 spiro atoms. The van der Waals surface area contributed by atoms with Crippen LogP contribution in [0.15, 0.2) is 36.0 Å². The summed E-state index contributed by atoms with van der Waals surface area (Å²) in [5, 5.41) is 6.06. The van der Waals surface area contributed by atoms with Gasteiger partial charge in [0.05, 0.1) is 17.9 Å². The van der Waals surface area contributed by atoms with Gasteiger partial charge in [0.25, 0.3) is 5.91 Å². The zero-order chi connectivity index (χ0) is 23.5. The van der Waals surface area contributed by atoms with Gasteiger partial charge in [0.1, 0.15) is 17.3 Å². The predicted molar refractivity (Wildman–Crippen MR) is 134 cm³/mol. The first kappa shape index (κ1) is 22.8. The number of amides is 1. The Bertz CT molecular complexity index is 1030. The van der Waals surface area contributed by atoms with Crippen molar-refractivity contribution in [2.45, 2.75) is 26.3 Å². The second kappa shape index (κ2) is 9.66. The minimum absolute atomic E-state index is 0.104. The third kappa shape index (κ3) is 5.03. The molecule has 0 radical (unpaired) electrons. The second-order valence-corrected chi connectivity index (χ2v) is 9.19. The number of nitrogens with zero attached hydrogens (tertiary/aromatic N) is 5. The van der Waals surface area contributed by atoms with Crippen LogP contribution in [0.3, 0.4) is 0 Å². The Kier molecular flexibility index (Phi) is 6.69. The molecule has 2 aliphatic rings. The Labute approximate surface area is 195 Å². The monoisotopic (exact) mass is 450 g/mol. The van der Waals surface area contributed by atoms with Crippen molar-refractivity contribution in [3.63, 3.8) is 0 Å². The fourth-order valence-electron chi connectivity index (χ4n) is 4.46. The van der Waals surface area contributed by atoms with E-state index in [0.29, 0.717) is 29.8 Å². The van der Waals surface area contributed by atoms with Crippen molar-refractivity contribution in [1.29, 1.82) is 0 Å². The molecular formula is C24H34N8O. The first-order valence-corrected chi connectivity index (χ1v) is 11.5. The van der Waals surface area contributed by atoms with Gasteiger partial charge in [-0.3, -0.25) is 4.79 Å². The zero-order valence-corrected chi connectivity index (χ0v) is 19.7. The summed E-state index contributed by atoms with van der Waals surface area (Å²) >= 11 is 0. The molecule has 4 heterocycles. The van der Waals surface area contributed by atoms with E-state index in [9.17, 15) is 4.79 Å². The van der Waals surface area contributed by atoms with E-state index in [2.05, 4.69) is 57.9 Å². The normalized spacial score (nSPS) is 19.4. The number of rotatable bonds is 6. The molecule has 0 aromatic carbocycles. The highest BCUT2D eigenvalue weighted by Gasteiger charge is 2.29. The first-order chi connectivity index (χ1) is 15.9. The lowest BCUT2D eigenvalue weighted by atomic mass is 10.0. The number of aliphatic imine (C=N–C) groups is 1. The summed E-state index contributed by atoms with van der Waals surface area (Å²) in [7, 11) is 2.14. The molecule has 4 rings (SSSR count). The van der Waals surface area contributed by atoms with Crippen molar-refractivity contribution >= 4 is 35.3 Å². The fraction of sp³-hybridized carbons (Fsp3) is 0.458. The zero-order valence-electron chi connectivity index (χ0n) is 19.7. The van der Waals surface area contributed by atoms with Crippen LogP contribution in [0, 0.1) is 5.92 Å². The number of nitrogens with one attached hydrogen (secondary N) is 2. The molecule has 2 aromatic rings. The molecule has 9 heteroatoms. The molecule has 33 heavy (non-hydrogen) atoms. The molecule has 2 aromatic heterocycles. The van der Waals surface area contributed by atoms with Crippen LogP contribution in [0.25, 0.3) is 6.08 Å². The van der Waals surface area contributed by atoms with Crippen LogP contribution in [0.1, 0.15) is 42.4 Å². The average Bonchev–Trinajstić information content (AvgIpc) is 3.16. The summed E-state index contributed by atoms with van der Waals surface area (Å²) in [6.45, 7) is 12.9. The molecule has 1 fully saturated rings. The maximum absolute atomic E-state index is 12.5.